The number of hydrogen-bond donors (Lipinski definition) is 1. The topological polar surface area (TPSA) is 54.5 Å². The molecule has 1 aliphatic rings. The molecule has 164 valence electrons. The smallest absolute Gasteiger partial charge is 0.407 e. The summed E-state index contributed by atoms with van der Waals surface area (Å²) in [5.74, 6) is 0. The normalized spacial score (nSPS) is 15.2. The third-order valence-corrected chi connectivity index (χ3v) is 6.25. The van der Waals surface area contributed by atoms with Crippen molar-refractivity contribution in [1.82, 2.24) is 15.2 Å². The van der Waals surface area contributed by atoms with Gasteiger partial charge in [-0.05, 0) is 78.1 Å². The van der Waals surface area contributed by atoms with E-state index < -0.39 is 11.7 Å². The Balaban J connectivity index is 1.41. The predicted molar refractivity (Wildman–Crippen MR) is 124 cm³/mol. The number of ether oxygens (including phenoxy) is 1. The molecule has 0 unspecified atom stereocenters. The van der Waals surface area contributed by atoms with Crippen LogP contribution < -0.4 is 5.32 Å². The summed E-state index contributed by atoms with van der Waals surface area (Å²) in [6.07, 6.45) is 9.23. The lowest BCUT2D eigenvalue weighted by Crippen LogP contribution is -2.31. The van der Waals surface area contributed by atoms with Crippen molar-refractivity contribution in [3.05, 3.63) is 40.9 Å². The van der Waals surface area contributed by atoms with Crippen LogP contribution in [0.3, 0.4) is 0 Å². The number of benzene rings is 1. The Kier molecular flexibility index (Phi) is 8.28. The summed E-state index contributed by atoms with van der Waals surface area (Å²) in [6, 6.07) is 8.75. The van der Waals surface area contributed by atoms with Crippen LogP contribution in [0.2, 0.25) is 0 Å². The van der Waals surface area contributed by atoms with Crippen LogP contribution in [0.1, 0.15) is 63.3 Å². The monoisotopic (exact) mass is 429 g/mol. The van der Waals surface area contributed by atoms with Crippen LogP contribution in [0, 0.1) is 0 Å². The molecule has 0 atom stereocenters. The summed E-state index contributed by atoms with van der Waals surface area (Å²) in [7, 11) is 0. The number of carbonyl (C=O) groups is 1. The van der Waals surface area contributed by atoms with Crippen molar-refractivity contribution < 1.29 is 9.53 Å². The highest BCUT2D eigenvalue weighted by Crippen LogP contribution is 2.26. The minimum Gasteiger partial charge on any atom is -0.444 e. The molecule has 1 saturated heterocycles. The maximum Gasteiger partial charge on any atom is 0.407 e. The summed E-state index contributed by atoms with van der Waals surface area (Å²) >= 11 is 1.60. The lowest BCUT2D eigenvalue weighted by Gasteiger charge is -2.26. The minimum atomic E-state index is -0.488. The van der Waals surface area contributed by atoms with Gasteiger partial charge in [0.05, 0.1) is 6.54 Å². The quantitative estimate of drug-likeness (QED) is 0.552. The number of unbranched alkanes of at least 4 members (excludes halogenated alkanes) is 1. The summed E-state index contributed by atoms with van der Waals surface area (Å²) in [4.78, 5) is 19.9. The van der Waals surface area contributed by atoms with Crippen LogP contribution in [-0.4, -0.2) is 41.2 Å². The zero-order chi connectivity index (χ0) is 21.4. The fourth-order valence-electron chi connectivity index (χ4n) is 3.66. The van der Waals surface area contributed by atoms with Crippen LogP contribution in [-0.2, 0) is 17.7 Å². The van der Waals surface area contributed by atoms with E-state index in [-0.39, 0.29) is 0 Å². The molecule has 1 N–H and O–H groups in total. The fraction of sp³-hybridized carbons (Fsp3) is 0.583. The van der Waals surface area contributed by atoms with E-state index in [0.29, 0.717) is 6.54 Å². The van der Waals surface area contributed by atoms with E-state index in [1.54, 1.807) is 11.3 Å². The van der Waals surface area contributed by atoms with E-state index in [1.165, 1.54) is 57.3 Å². The number of aromatic nitrogens is 1. The van der Waals surface area contributed by atoms with Crippen molar-refractivity contribution in [2.24, 2.45) is 0 Å². The number of likely N-dealkylation sites (tertiary alicyclic amines) is 1. The second-order valence-electron chi connectivity index (χ2n) is 9.04. The fourth-order valence-corrected chi connectivity index (χ4v) is 4.52. The van der Waals surface area contributed by atoms with Gasteiger partial charge >= 0.3 is 6.09 Å². The molecule has 0 aliphatic carbocycles. The van der Waals surface area contributed by atoms with Crippen LogP contribution in [0.15, 0.2) is 30.5 Å². The molecule has 0 radical (unpaired) electrons. The lowest BCUT2D eigenvalue weighted by atomic mass is 10.1. The highest BCUT2D eigenvalue weighted by atomic mass is 32.1. The van der Waals surface area contributed by atoms with Crippen LogP contribution in [0.25, 0.3) is 10.6 Å². The molecule has 1 aliphatic heterocycles. The number of nitrogens with one attached hydrogen (secondary N) is 1. The van der Waals surface area contributed by atoms with Crippen molar-refractivity contribution in [2.75, 3.05) is 19.6 Å². The number of hydrogen-bond acceptors (Lipinski definition) is 5. The zero-order valence-electron chi connectivity index (χ0n) is 18.6. The number of amides is 1. The summed E-state index contributed by atoms with van der Waals surface area (Å²) in [5.41, 5.74) is 2.03. The Labute approximate surface area is 184 Å². The Morgan fingerprint density at radius 1 is 1.13 bits per heavy atom. The second kappa shape index (κ2) is 10.9. The molecular weight excluding hydrogens is 394 g/mol. The van der Waals surface area contributed by atoms with Gasteiger partial charge in [0.2, 0.25) is 0 Å². The maximum atomic E-state index is 11.8. The molecule has 5 nitrogen and oxygen atoms in total. The number of carbonyl (C=O) groups excluding carboxylic acids is 1. The van der Waals surface area contributed by atoms with Gasteiger partial charge in [-0.3, -0.25) is 0 Å². The largest absolute Gasteiger partial charge is 0.444 e. The summed E-state index contributed by atoms with van der Waals surface area (Å²) < 4.78 is 5.27. The molecule has 0 saturated carbocycles. The van der Waals surface area contributed by atoms with Crippen molar-refractivity contribution in [2.45, 2.75) is 71.4 Å². The standard InChI is InChI=1S/C24H35N3O2S/c1-24(2,3)29-23(28)26-18-21-17-25-22(30-21)20-12-10-19(11-13-20)9-5-8-16-27-14-6-4-7-15-27/h10-13,17H,4-9,14-16,18H2,1-3H3,(H,26,28). The van der Waals surface area contributed by atoms with Gasteiger partial charge in [-0.2, -0.15) is 0 Å². The van der Waals surface area contributed by atoms with Crippen LogP contribution >= 0.6 is 11.3 Å². The highest BCUT2D eigenvalue weighted by Gasteiger charge is 2.16. The van der Waals surface area contributed by atoms with Crippen molar-refractivity contribution >= 4 is 17.4 Å². The van der Waals surface area contributed by atoms with Gasteiger partial charge in [0.25, 0.3) is 0 Å². The molecule has 1 amide bonds. The molecule has 30 heavy (non-hydrogen) atoms. The van der Waals surface area contributed by atoms with Crippen molar-refractivity contribution in [3.8, 4) is 10.6 Å². The first kappa shape index (κ1) is 22.8. The zero-order valence-corrected chi connectivity index (χ0v) is 19.4. The van der Waals surface area contributed by atoms with E-state index in [0.717, 1.165) is 21.9 Å². The van der Waals surface area contributed by atoms with Crippen molar-refractivity contribution in [1.29, 1.82) is 0 Å². The number of nitrogens with zero attached hydrogens (tertiary/aromatic N) is 2. The Morgan fingerprint density at radius 3 is 2.57 bits per heavy atom. The average molecular weight is 430 g/mol. The summed E-state index contributed by atoms with van der Waals surface area (Å²) in [6.45, 7) is 9.83. The first-order valence-electron chi connectivity index (χ1n) is 11.1. The van der Waals surface area contributed by atoms with Gasteiger partial charge < -0.3 is 15.0 Å². The summed E-state index contributed by atoms with van der Waals surface area (Å²) in [5, 5.41) is 3.77. The molecule has 3 rings (SSSR count). The Bertz CT molecular complexity index is 790. The van der Waals surface area contributed by atoms with Crippen LogP contribution in [0.4, 0.5) is 4.79 Å². The third kappa shape index (κ3) is 7.73. The van der Waals surface area contributed by atoms with E-state index in [2.05, 4.69) is 39.5 Å². The van der Waals surface area contributed by atoms with Gasteiger partial charge in [0.1, 0.15) is 10.6 Å². The van der Waals surface area contributed by atoms with E-state index in [1.807, 2.05) is 27.0 Å². The number of rotatable bonds is 8. The van der Waals surface area contributed by atoms with E-state index >= 15 is 0 Å². The van der Waals surface area contributed by atoms with Gasteiger partial charge in [0.15, 0.2) is 0 Å². The number of thiazole rings is 1. The average Bonchev–Trinajstić information content (AvgIpc) is 3.19. The second-order valence-corrected chi connectivity index (χ2v) is 10.2. The van der Waals surface area contributed by atoms with Crippen molar-refractivity contribution in [3.63, 3.8) is 0 Å². The minimum absolute atomic E-state index is 0.401. The molecule has 1 fully saturated rings. The number of aryl methyl sites for hydroxylation is 1. The number of piperidine rings is 1. The molecule has 0 spiro atoms. The third-order valence-electron chi connectivity index (χ3n) is 5.20. The molecule has 6 heteroatoms. The molecule has 0 bridgehead atoms. The van der Waals surface area contributed by atoms with Crippen LogP contribution in [0.5, 0.6) is 0 Å². The van der Waals surface area contributed by atoms with Gasteiger partial charge in [-0.1, -0.05) is 30.7 Å². The van der Waals surface area contributed by atoms with Gasteiger partial charge in [-0.15, -0.1) is 11.3 Å². The number of alkyl carbamates (subject to hydrolysis) is 1. The Morgan fingerprint density at radius 2 is 1.87 bits per heavy atom. The molecule has 1 aromatic carbocycles. The van der Waals surface area contributed by atoms with Gasteiger partial charge in [0, 0.05) is 16.6 Å². The SMILES string of the molecule is CC(C)(C)OC(=O)NCc1cnc(-c2ccc(CCCCN3CCCCC3)cc2)s1. The molecule has 2 heterocycles. The predicted octanol–water partition coefficient (Wildman–Crippen LogP) is 5.64. The first-order valence-corrected chi connectivity index (χ1v) is 11.9. The van der Waals surface area contributed by atoms with E-state index in [4.69, 9.17) is 4.74 Å². The first-order chi connectivity index (χ1) is 14.4. The Hall–Kier alpha value is -1.92. The lowest BCUT2D eigenvalue weighted by molar-refractivity contribution is 0.0524. The highest BCUT2D eigenvalue weighted by molar-refractivity contribution is 7.15. The van der Waals surface area contributed by atoms with E-state index in [9.17, 15) is 4.79 Å². The van der Waals surface area contributed by atoms with Gasteiger partial charge in [-0.25, -0.2) is 9.78 Å². The molecule has 1 aromatic heterocycles. The molecule has 2 aromatic rings. The molecular formula is C24H35N3O2S. The maximum absolute atomic E-state index is 11.8.